The number of carbonyl (C=O) groups is 2. The molecule has 0 aliphatic carbocycles. The summed E-state index contributed by atoms with van der Waals surface area (Å²) < 4.78 is 16.3. The summed E-state index contributed by atoms with van der Waals surface area (Å²) in [4.78, 5) is 22.9. The van der Waals surface area contributed by atoms with Gasteiger partial charge >= 0.3 is 5.97 Å². The average molecular weight is 320 g/mol. The Balaban J connectivity index is 2.98. The highest BCUT2D eigenvalue weighted by Gasteiger charge is 2.22. The van der Waals surface area contributed by atoms with Crippen LogP contribution in [-0.4, -0.2) is 31.6 Å². The van der Waals surface area contributed by atoms with Crippen LogP contribution in [0.15, 0.2) is 30.4 Å². The molecule has 1 atom stereocenters. The summed E-state index contributed by atoms with van der Waals surface area (Å²) in [5.74, 6) is 0.432. The predicted octanol–water partition coefficient (Wildman–Crippen LogP) is 3.56. The standard InChI is InChI=1S/C18H24O5/c1-4-7-8-9-16(18(20)22-6-3)23-15-11-10-14(13-19)12-17(15)21-5-2/h7-8,10-13,16H,4-6,9H2,1-3H3/b8-7+. The maximum atomic E-state index is 12.1. The molecule has 0 aliphatic heterocycles. The largest absolute Gasteiger partial charge is 0.490 e. The van der Waals surface area contributed by atoms with E-state index in [1.165, 1.54) is 0 Å². The third-order valence-electron chi connectivity index (χ3n) is 2.97. The number of rotatable bonds is 10. The molecule has 126 valence electrons. The van der Waals surface area contributed by atoms with Crippen molar-refractivity contribution in [2.75, 3.05) is 13.2 Å². The van der Waals surface area contributed by atoms with Crippen molar-refractivity contribution in [1.82, 2.24) is 0 Å². The molecule has 1 aromatic carbocycles. The van der Waals surface area contributed by atoms with Gasteiger partial charge in [0.25, 0.3) is 0 Å². The van der Waals surface area contributed by atoms with Gasteiger partial charge in [-0.1, -0.05) is 19.1 Å². The summed E-state index contributed by atoms with van der Waals surface area (Å²) in [6, 6.07) is 4.84. The minimum Gasteiger partial charge on any atom is -0.490 e. The number of hydrogen-bond donors (Lipinski definition) is 0. The first kappa shape index (κ1) is 18.7. The number of aldehydes is 1. The van der Waals surface area contributed by atoms with Gasteiger partial charge in [0.2, 0.25) is 0 Å². The van der Waals surface area contributed by atoms with Gasteiger partial charge in [-0.3, -0.25) is 4.79 Å². The van der Waals surface area contributed by atoms with E-state index in [2.05, 4.69) is 0 Å². The zero-order valence-electron chi connectivity index (χ0n) is 13.9. The van der Waals surface area contributed by atoms with Gasteiger partial charge in [-0.25, -0.2) is 4.79 Å². The molecule has 0 saturated carbocycles. The summed E-state index contributed by atoms with van der Waals surface area (Å²) in [6.45, 7) is 6.32. The highest BCUT2D eigenvalue weighted by atomic mass is 16.6. The van der Waals surface area contributed by atoms with Gasteiger partial charge in [0, 0.05) is 12.0 Å². The van der Waals surface area contributed by atoms with Crippen LogP contribution in [0.25, 0.3) is 0 Å². The molecule has 0 bridgehead atoms. The van der Waals surface area contributed by atoms with Crippen LogP contribution in [-0.2, 0) is 9.53 Å². The van der Waals surface area contributed by atoms with Gasteiger partial charge in [0.05, 0.1) is 13.2 Å². The second-order valence-electron chi connectivity index (χ2n) is 4.73. The van der Waals surface area contributed by atoms with E-state index in [1.54, 1.807) is 25.1 Å². The quantitative estimate of drug-likeness (QED) is 0.375. The minimum atomic E-state index is -0.751. The van der Waals surface area contributed by atoms with Gasteiger partial charge in [-0.2, -0.15) is 0 Å². The number of carbonyl (C=O) groups excluding carboxylic acids is 2. The Morgan fingerprint density at radius 1 is 1.13 bits per heavy atom. The first-order valence-corrected chi connectivity index (χ1v) is 7.86. The lowest BCUT2D eigenvalue weighted by Gasteiger charge is -2.18. The lowest BCUT2D eigenvalue weighted by atomic mass is 10.2. The molecule has 1 unspecified atom stereocenters. The molecule has 1 aromatic rings. The minimum absolute atomic E-state index is 0.290. The number of hydrogen-bond acceptors (Lipinski definition) is 5. The van der Waals surface area contributed by atoms with Crippen molar-refractivity contribution in [3.8, 4) is 11.5 Å². The summed E-state index contributed by atoms with van der Waals surface area (Å²) in [5, 5.41) is 0. The van der Waals surface area contributed by atoms with Crippen LogP contribution in [0, 0.1) is 0 Å². The number of ether oxygens (including phenoxy) is 3. The first-order chi connectivity index (χ1) is 11.2. The van der Waals surface area contributed by atoms with Crippen molar-refractivity contribution in [3.63, 3.8) is 0 Å². The molecule has 1 rings (SSSR count). The van der Waals surface area contributed by atoms with Crippen LogP contribution in [0.5, 0.6) is 11.5 Å². The van der Waals surface area contributed by atoms with E-state index >= 15 is 0 Å². The van der Waals surface area contributed by atoms with Crippen LogP contribution in [0.3, 0.4) is 0 Å². The lowest BCUT2D eigenvalue weighted by molar-refractivity contribution is -0.151. The highest BCUT2D eigenvalue weighted by molar-refractivity contribution is 5.77. The average Bonchev–Trinajstić information content (AvgIpc) is 2.55. The normalized spacial score (nSPS) is 12.0. The van der Waals surface area contributed by atoms with Gasteiger partial charge in [-0.05, 0) is 38.5 Å². The van der Waals surface area contributed by atoms with Crippen LogP contribution in [0.1, 0.15) is 44.0 Å². The second kappa shape index (κ2) is 10.4. The van der Waals surface area contributed by atoms with Crippen LogP contribution in [0.2, 0.25) is 0 Å². The molecule has 0 aliphatic rings. The molecular formula is C18H24O5. The SMILES string of the molecule is CC/C=C/CC(Oc1ccc(C=O)cc1OCC)C(=O)OCC. The summed E-state index contributed by atoms with van der Waals surface area (Å²) in [5.41, 5.74) is 0.486. The molecule has 23 heavy (non-hydrogen) atoms. The maximum absolute atomic E-state index is 12.1. The summed E-state index contributed by atoms with van der Waals surface area (Å²) >= 11 is 0. The Morgan fingerprint density at radius 3 is 2.52 bits per heavy atom. The third kappa shape index (κ3) is 6.14. The van der Waals surface area contributed by atoms with Crippen molar-refractivity contribution in [2.45, 2.75) is 39.7 Å². The van der Waals surface area contributed by atoms with Crippen molar-refractivity contribution in [2.24, 2.45) is 0 Å². The Hall–Kier alpha value is -2.30. The molecule has 0 amide bonds. The lowest BCUT2D eigenvalue weighted by Crippen LogP contribution is -2.29. The molecule has 0 spiro atoms. The van der Waals surface area contributed by atoms with E-state index in [9.17, 15) is 9.59 Å². The molecule has 0 fully saturated rings. The molecule has 0 N–H and O–H groups in total. The zero-order chi connectivity index (χ0) is 17.1. The van der Waals surface area contributed by atoms with Crippen LogP contribution >= 0.6 is 0 Å². The monoisotopic (exact) mass is 320 g/mol. The number of allylic oxidation sites excluding steroid dienone is 1. The Labute approximate surface area is 137 Å². The zero-order valence-corrected chi connectivity index (χ0v) is 13.9. The van der Waals surface area contributed by atoms with Gasteiger partial charge in [-0.15, -0.1) is 0 Å². The fourth-order valence-electron chi connectivity index (χ4n) is 1.93. The highest BCUT2D eigenvalue weighted by Crippen LogP contribution is 2.29. The topological polar surface area (TPSA) is 61.8 Å². The molecule has 5 heteroatoms. The van der Waals surface area contributed by atoms with E-state index in [1.807, 2.05) is 26.0 Å². The summed E-state index contributed by atoms with van der Waals surface area (Å²) in [7, 11) is 0. The van der Waals surface area contributed by atoms with Crippen molar-refractivity contribution < 1.29 is 23.8 Å². The van der Waals surface area contributed by atoms with Crippen LogP contribution < -0.4 is 9.47 Å². The van der Waals surface area contributed by atoms with E-state index < -0.39 is 12.1 Å². The molecule has 5 nitrogen and oxygen atoms in total. The van der Waals surface area contributed by atoms with E-state index in [-0.39, 0.29) is 0 Å². The first-order valence-electron chi connectivity index (χ1n) is 7.86. The number of benzene rings is 1. The number of esters is 1. The van der Waals surface area contributed by atoms with Gasteiger partial charge < -0.3 is 14.2 Å². The van der Waals surface area contributed by atoms with Crippen LogP contribution in [0.4, 0.5) is 0 Å². The van der Waals surface area contributed by atoms with Crippen molar-refractivity contribution in [3.05, 3.63) is 35.9 Å². The van der Waals surface area contributed by atoms with E-state index in [4.69, 9.17) is 14.2 Å². The molecule has 0 radical (unpaired) electrons. The van der Waals surface area contributed by atoms with Gasteiger partial charge in [0.1, 0.15) is 6.29 Å². The molecule has 0 heterocycles. The maximum Gasteiger partial charge on any atom is 0.347 e. The van der Waals surface area contributed by atoms with Crippen molar-refractivity contribution in [1.29, 1.82) is 0 Å². The molecular weight excluding hydrogens is 296 g/mol. The second-order valence-corrected chi connectivity index (χ2v) is 4.73. The fourth-order valence-corrected chi connectivity index (χ4v) is 1.93. The third-order valence-corrected chi connectivity index (χ3v) is 2.97. The summed E-state index contributed by atoms with van der Waals surface area (Å²) in [6.07, 6.45) is 5.13. The van der Waals surface area contributed by atoms with E-state index in [0.717, 1.165) is 12.7 Å². The molecule has 0 aromatic heterocycles. The van der Waals surface area contributed by atoms with Crippen molar-refractivity contribution >= 4 is 12.3 Å². The smallest absolute Gasteiger partial charge is 0.347 e. The van der Waals surface area contributed by atoms with E-state index in [0.29, 0.717) is 36.7 Å². The Morgan fingerprint density at radius 2 is 1.91 bits per heavy atom. The predicted molar refractivity (Wildman–Crippen MR) is 88.1 cm³/mol. The Bertz CT molecular complexity index is 536. The van der Waals surface area contributed by atoms with Gasteiger partial charge in [0.15, 0.2) is 17.6 Å². The molecule has 0 saturated heterocycles. The fraction of sp³-hybridized carbons (Fsp3) is 0.444. The Kier molecular flexibility index (Phi) is 8.50.